The Kier molecular flexibility index (Phi) is 28.4. The SMILES string of the molecule is CC[C@H](C)[C@@H]([C@@H](CC(=O)N1CCC[C@H]1[C@H](OC)[C@@H](C)C(=O)N[C@H](C)[C@@H](O)c1ccccc1)OC)N(C)C(=O)[C@H](NC(=O)[C@H](C(C)C)N(C)C(=O)OCc1ccc(OC(=O)NC(CN(C)C(=O)OC2/C=C/COCOC2)C(=O)ON2C(=O)CCC2=O)cc1)C(C)C. The summed E-state index contributed by atoms with van der Waals surface area (Å²) in [6.07, 6.45) is -1.58. The molecule has 0 bridgehead atoms. The Morgan fingerprint density at radius 2 is 1.46 bits per heavy atom. The van der Waals surface area contributed by atoms with Crippen LogP contribution in [0, 0.1) is 23.7 Å². The molecule has 3 aliphatic heterocycles. The van der Waals surface area contributed by atoms with Gasteiger partial charge in [0.15, 0.2) is 0 Å². The minimum absolute atomic E-state index is 0.0224. The van der Waals surface area contributed by atoms with Crippen molar-refractivity contribution >= 4 is 59.7 Å². The third kappa shape index (κ3) is 20.1. The molecule has 27 heteroatoms. The van der Waals surface area contributed by atoms with Crippen LogP contribution in [0.25, 0.3) is 0 Å². The van der Waals surface area contributed by atoms with Gasteiger partial charge >= 0.3 is 24.2 Å². The summed E-state index contributed by atoms with van der Waals surface area (Å²) in [7, 11) is 7.30. The fourth-order valence-corrected chi connectivity index (χ4v) is 11.1. The minimum atomic E-state index is -1.68. The minimum Gasteiger partial charge on any atom is -0.445 e. The summed E-state index contributed by atoms with van der Waals surface area (Å²) in [6.45, 7) is 14.2. The lowest BCUT2D eigenvalue weighted by Gasteiger charge is -2.41. The standard InChI is InChI=1S/C63H92N8O19/c1-14-39(6)54(48(83-12)32-51(74)70-30-18-23-47(70)56(84-13)40(7)57(76)64-41(8)55(75)43-20-16-15-17-21-43)68(10)59(78)52(37(2)3)66-58(77)53(38(4)5)69(11)63(82)87-34-42-24-26-44(27-25-42)88-61(80)65-46(60(79)90-71-49(72)28-29-50(71)73)33-67(9)62(81)89-45-22-19-31-85-36-86-35-45/h15-17,19-22,24-27,37-41,45-48,52-56,75H,14,18,23,28-36H2,1-13H3,(H,64,76)(H,65,80)(H,66,77)/b22-19+/t39-,40+,41+,45?,46?,47-,48+,52+,53-,54-,55+,56+/m0/s1. The number of hydrogen-bond acceptors (Lipinski definition) is 19. The van der Waals surface area contributed by atoms with E-state index in [1.807, 2.05) is 32.0 Å². The van der Waals surface area contributed by atoms with Crippen LogP contribution in [-0.2, 0) is 73.4 Å². The number of amides is 9. The molecule has 12 atom stereocenters. The molecular formula is C63H92N8O19. The normalized spacial score (nSPS) is 19.7. The molecule has 4 N–H and O–H groups in total. The van der Waals surface area contributed by atoms with Crippen molar-refractivity contribution in [3.8, 4) is 5.75 Å². The van der Waals surface area contributed by atoms with Crippen LogP contribution in [0.2, 0.25) is 0 Å². The summed E-state index contributed by atoms with van der Waals surface area (Å²) in [5.74, 6) is -6.24. The number of likely N-dealkylation sites (tertiary alicyclic amines) is 1. The largest absolute Gasteiger partial charge is 0.445 e. The molecule has 2 unspecified atom stereocenters. The van der Waals surface area contributed by atoms with Crippen LogP contribution in [0.5, 0.6) is 5.75 Å². The number of aliphatic hydroxyl groups is 1. The predicted molar refractivity (Wildman–Crippen MR) is 324 cm³/mol. The van der Waals surface area contributed by atoms with Gasteiger partial charge < -0.3 is 73.8 Å². The highest BCUT2D eigenvalue weighted by Gasteiger charge is 2.44. The first-order valence-electron chi connectivity index (χ1n) is 30.5. The molecule has 3 heterocycles. The van der Waals surface area contributed by atoms with E-state index in [-0.39, 0.29) is 69.4 Å². The summed E-state index contributed by atoms with van der Waals surface area (Å²) >= 11 is 0. The number of rotatable bonds is 29. The molecule has 2 fully saturated rings. The van der Waals surface area contributed by atoms with Crippen LogP contribution in [0.1, 0.15) is 111 Å². The fraction of sp³-hybridized carbons (Fsp3) is 0.619. The quantitative estimate of drug-likeness (QED) is 0.0637. The highest BCUT2D eigenvalue weighted by atomic mass is 16.7. The van der Waals surface area contributed by atoms with Gasteiger partial charge in [0.25, 0.3) is 11.8 Å². The molecule has 0 saturated carbocycles. The third-order valence-corrected chi connectivity index (χ3v) is 16.4. The van der Waals surface area contributed by atoms with Gasteiger partial charge in [0.2, 0.25) is 23.6 Å². The molecule has 9 amide bonds. The summed E-state index contributed by atoms with van der Waals surface area (Å²) in [5.41, 5.74) is 1.10. The van der Waals surface area contributed by atoms with E-state index in [2.05, 4.69) is 16.0 Å². The lowest BCUT2D eigenvalue weighted by Crippen LogP contribution is -2.60. The monoisotopic (exact) mass is 1260 g/mol. The number of ether oxygens (including phenoxy) is 7. The van der Waals surface area contributed by atoms with Gasteiger partial charge in [-0.05, 0) is 66.9 Å². The highest BCUT2D eigenvalue weighted by molar-refractivity contribution is 6.02. The molecule has 3 aliphatic rings. The fourth-order valence-electron chi connectivity index (χ4n) is 11.1. The molecule has 0 aliphatic carbocycles. The second-order valence-electron chi connectivity index (χ2n) is 23.6. The van der Waals surface area contributed by atoms with Gasteiger partial charge in [-0.2, -0.15) is 0 Å². The first-order valence-corrected chi connectivity index (χ1v) is 30.5. The van der Waals surface area contributed by atoms with Gasteiger partial charge in [-0.15, -0.1) is 5.06 Å². The average molecular weight is 1270 g/mol. The van der Waals surface area contributed by atoms with E-state index in [4.69, 9.17) is 38.0 Å². The third-order valence-electron chi connectivity index (χ3n) is 16.4. The number of nitrogens with zero attached hydrogens (tertiary/aromatic N) is 5. The second-order valence-corrected chi connectivity index (χ2v) is 23.6. The molecule has 2 aromatic carbocycles. The van der Waals surface area contributed by atoms with Crippen LogP contribution in [0.15, 0.2) is 66.7 Å². The Balaban J connectivity index is 1.19. The van der Waals surface area contributed by atoms with Gasteiger partial charge in [-0.25, -0.2) is 19.2 Å². The smallest absolute Gasteiger partial charge is 0.413 e. The molecule has 2 saturated heterocycles. The Hall–Kier alpha value is -7.72. The van der Waals surface area contributed by atoms with Crippen LogP contribution in [0.3, 0.4) is 0 Å². The van der Waals surface area contributed by atoms with Crippen LogP contribution in [0.4, 0.5) is 14.4 Å². The average Bonchev–Trinajstić information content (AvgIpc) is 1.50. The van der Waals surface area contributed by atoms with Gasteiger partial charge in [0, 0.05) is 54.7 Å². The van der Waals surface area contributed by atoms with Crippen LogP contribution >= 0.6 is 0 Å². The number of hydrogen-bond donors (Lipinski definition) is 4. The van der Waals surface area contributed by atoms with E-state index < -0.39 is 133 Å². The van der Waals surface area contributed by atoms with Crippen molar-refractivity contribution in [2.45, 2.75) is 161 Å². The summed E-state index contributed by atoms with van der Waals surface area (Å²) in [6, 6.07) is 9.20. The van der Waals surface area contributed by atoms with Crippen molar-refractivity contribution in [1.82, 2.24) is 40.6 Å². The Bertz CT molecular complexity index is 2770. The molecule has 90 heavy (non-hydrogen) atoms. The highest BCUT2D eigenvalue weighted by Crippen LogP contribution is 2.31. The number of carbonyl (C=O) groups excluding carboxylic acids is 10. The lowest BCUT2D eigenvalue weighted by atomic mass is 9.89. The Labute approximate surface area is 526 Å². The maximum atomic E-state index is 14.8. The number of nitrogens with one attached hydrogen (secondary N) is 3. The molecule has 0 spiro atoms. The Morgan fingerprint density at radius 1 is 0.789 bits per heavy atom. The molecular weight excluding hydrogens is 1170 g/mol. The number of methoxy groups -OCH3 is 2. The zero-order valence-electron chi connectivity index (χ0n) is 54.0. The van der Waals surface area contributed by atoms with Crippen molar-refractivity contribution in [2.75, 3.05) is 68.5 Å². The van der Waals surface area contributed by atoms with Crippen molar-refractivity contribution < 1.29 is 91.0 Å². The lowest BCUT2D eigenvalue weighted by molar-refractivity contribution is -0.199. The van der Waals surface area contributed by atoms with E-state index in [1.54, 1.807) is 77.8 Å². The molecule has 5 rings (SSSR count). The van der Waals surface area contributed by atoms with Crippen molar-refractivity contribution in [3.05, 3.63) is 77.9 Å². The predicted octanol–water partition coefficient (Wildman–Crippen LogP) is 4.64. The van der Waals surface area contributed by atoms with Crippen molar-refractivity contribution in [1.29, 1.82) is 0 Å². The van der Waals surface area contributed by atoms with E-state index in [0.29, 0.717) is 42.0 Å². The number of benzene rings is 2. The zero-order valence-corrected chi connectivity index (χ0v) is 54.0. The molecule has 27 nitrogen and oxygen atoms in total. The molecule has 2 aromatic rings. The molecule has 0 radical (unpaired) electrons. The Morgan fingerprint density at radius 3 is 2.07 bits per heavy atom. The maximum absolute atomic E-state index is 14.8. The van der Waals surface area contributed by atoms with E-state index >= 15 is 0 Å². The first kappa shape index (κ1) is 73.0. The van der Waals surface area contributed by atoms with Gasteiger partial charge in [-0.3, -0.25) is 33.7 Å². The topological polar surface area (TPSA) is 317 Å². The summed E-state index contributed by atoms with van der Waals surface area (Å²) in [4.78, 5) is 145. The van der Waals surface area contributed by atoms with Crippen LogP contribution < -0.4 is 20.7 Å². The van der Waals surface area contributed by atoms with Gasteiger partial charge in [0.1, 0.15) is 43.4 Å². The number of hydroxylamine groups is 2. The van der Waals surface area contributed by atoms with Crippen molar-refractivity contribution in [2.24, 2.45) is 23.7 Å². The number of carbonyl (C=O) groups is 10. The first-order chi connectivity index (χ1) is 42.7. The van der Waals surface area contributed by atoms with Gasteiger partial charge in [-0.1, -0.05) is 103 Å². The van der Waals surface area contributed by atoms with Gasteiger partial charge in [0.05, 0.1) is 68.5 Å². The molecule has 0 aromatic heterocycles. The number of likely N-dealkylation sites (N-methyl/N-ethyl adjacent to an activating group) is 3. The summed E-state index contributed by atoms with van der Waals surface area (Å²) in [5, 5.41) is 19.4. The number of imide groups is 1. The van der Waals surface area contributed by atoms with E-state index in [9.17, 15) is 53.1 Å². The maximum Gasteiger partial charge on any atom is 0.413 e. The van der Waals surface area contributed by atoms with Crippen LogP contribution in [-0.4, -0.2) is 212 Å². The second kappa shape index (κ2) is 35.0. The van der Waals surface area contributed by atoms with E-state index in [0.717, 1.165) is 9.80 Å². The van der Waals surface area contributed by atoms with E-state index in [1.165, 1.54) is 57.5 Å². The molecule has 498 valence electrons. The zero-order chi connectivity index (χ0) is 66.5. The number of aliphatic hydroxyl groups excluding tert-OH is 1. The summed E-state index contributed by atoms with van der Waals surface area (Å²) < 4.78 is 39.0. The van der Waals surface area contributed by atoms with Crippen molar-refractivity contribution in [3.63, 3.8) is 0 Å².